The second-order valence-electron chi connectivity index (χ2n) is 8.33. The van der Waals surface area contributed by atoms with Gasteiger partial charge < -0.3 is 19.2 Å². The van der Waals surface area contributed by atoms with Gasteiger partial charge in [-0.2, -0.15) is 4.98 Å². The number of aromatic nitrogens is 2. The maximum absolute atomic E-state index is 12.6. The minimum Gasteiger partial charge on any atom is -0.459 e. The molecule has 1 N–H and O–H groups in total. The van der Waals surface area contributed by atoms with Gasteiger partial charge in [-0.15, -0.1) is 0 Å². The standard InChI is InChI=1S/C21H24N4O4/c26-19(22-14-5-2-1-3-6-14)16-12-24-9-13-10-25(21(28)17-7-4-8-29-17)11-15(13)18(24)23-20(16)27/h4,7-8,12-15H,1-3,5-6,9-11H2,(H,22,26)/t13-,15+/m0/s1. The smallest absolute Gasteiger partial charge is 0.289 e. The zero-order valence-electron chi connectivity index (χ0n) is 16.2. The molecule has 4 heterocycles. The van der Waals surface area contributed by atoms with Crippen LogP contribution in [0.1, 0.15) is 64.8 Å². The molecule has 2 aliphatic heterocycles. The molecule has 2 amide bonds. The summed E-state index contributed by atoms with van der Waals surface area (Å²) in [5.74, 6) is 0.738. The van der Waals surface area contributed by atoms with Crippen molar-refractivity contribution in [2.24, 2.45) is 5.92 Å². The number of amides is 2. The number of nitrogens with zero attached hydrogens (tertiary/aromatic N) is 3. The third kappa shape index (κ3) is 3.26. The molecule has 5 rings (SSSR count). The van der Waals surface area contributed by atoms with E-state index in [1.165, 1.54) is 12.7 Å². The fourth-order valence-corrected chi connectivity index (χ4v) is 4.94. The number of rotatable bonds is 3. The van der Waals surface area contributed by atoms with Crippen LogP contribution in [0.5, 0.6) is 0 Å². The van der Waals surface area contributed by atoms with E-state index in [1.807, 2.05) is 4.57 Å². The Hall–Kier alpha value is -2.90. The average molecular weight is 396 g/mol. The van der Waals surface area contributed by atoms with Crippen molar-refractivity contribution in [3.63, 3.8) is 0 Å². The van der Waals surface area contributed by atoms with Crippen molar-refractivity contribution in [1.82, 2.24) is 19.8 Å². The Morgan fingerprint density at radius 2 is 1.97 bits per heavy atom. The van der Waals surface area contributed by atoms with Gasteiger partial charge >= 0.3 is 0 Å². The molecule has 0 spiro atoms. The van der Waals surface area contributed by atoms with Crippen molar-refractivity contribution < 1.29 is 14.0 Å². The highest BCUT2D eigenvalue weighted by Gasteiger charge is 2.43. The van der Waals surface area contributed by atoms with Crippen molar-refractivity contribution in [2.45, 2.75) is 50.6 Å². The minimum atomic E-state index is -0.485. The van der Waals surface area contributed by atoms with Gasteiger partial charge in [0.25, 0.3) is 17.4 Å². The Morgan fingerprint density at radius 1 is 1.14 bits per heavy atom. The number of hydrogen-bond donors (Lipinski definition) is 1. The van der Waals surface area contributed by atoms with E-state index < -0.39 is 5.56 Å². The zero-order valence-corrected chi connectivity index (χ0v) is 16.2. The van der Waals surface area contributed by atoms with Crippen molar-refractivity contribution in [1.29, 1.82) is 0 Å². The maximum atomic E-state index is 12.6. The lowest BCUT2D eigenvalue weighted by Gasteiger charge is -2.22. The van der Waals surface area contributed by atoms with E-state index in [0.717, 1.165) is 25.7 Å². The highest BCUT2D eigenvalue weighted by Crippen LogP contribution is 2.38. The first-order valence-corrected chi connectivity index (χ1v) is 10.3. The summed E-state index contributed by atoms with van der Waals surface area (Å²) in [6, 6.07) is 3.50. The third-order valence-electron chi connectivity index (χ3n) is 6.43. The lowest BCUT2D eigenvalue weighted by molar-refractivity contribution is 0.0751. The molecular formula is C21H24N4O4. The highest BCUT2D eigenvalue weighted by atomic mass is 16.3. The predicted octanol–water partition coefficient (Wildman–Crippen LogP) is 1.77. The highest BCUT2D eigenvalue weighted by molar-refractivity contribution is 5.94. The summed E-state index contributed by atoms with van der Waals surface area (Å²) >= 11 is 0. The lowest BCUT2D eigenvalue weighted by Crippen LogP contribution is -2.39. The second-order valence-corrected chi connectivity index (χ2v) is 8.33. The monoisotopic (exact) mass is 396 g/mol. The van der Waals surface area contributed by atoms with E-state index in [9.17, 15) is 14.4 Å². The average Bonchev–Trinajstić information content (AvgIpc) is 3.44. The fourth-order valence-electron chi connectivity index (χ4n) is 4.94. The van der Waals surface area contributed by atoms with Gasteiger partial charge in [-0.3, -0.25) is 14.4 Å². The van der Waals surface area contributed by atoms with E-state index in [2.05, 4.69) is 10.3 Å². The molecular weight excluding hydrogens is 372 g/mol. The van der Waals surface area contributed by atoms with Crippen LogP contribution in [-0.4, -0.2) is 45.4 Å². The maximum Gasteiger partial charge on any atom is 0.289 e. The largest absolute Gasteiger partial charge is 0.459 e. The minimum absolute atomic E-state index is 0.0112. The Morgan fingerprint density at radius 3 is 2.72 bits per heavy atom. The van der Waals surface area contributed by atoms with Gasteiger partial charge in [0.1, 0.15) is 11.4 Å². The van der Waals surface area contributed by atoms with Crippen LogP contribution < -0.4 is 10.9 Å². The van der Waals surface area contributed by atoms with Crippen LogP contribution in [0, 0.1) is 5.92 Å². The van der Waals surface area contributed by atoms with E-state index in [0.29, 0.717) is 31.2 Å². The molecule has 2 aromatic heterocycles. The van der Waals surface area contributed by atoms with Crippen LogP contribution in [0.2, 0.25) is 0 Å². The summed E-state index contributed by atoms with van der Waals surface area (Å²) in [6.07, 6.45) is 8.51. The summed E-state index contributed by atoms with van der Waals surface area (Å²) < 4.78 is 7.13. The van der Waals surface area contributed by atoms with Crippen LogP contribution in [0.3, 0.4) is 0 Å². The molecule has 1 saturated carbocycles. The Kier molecular flexibility index (Phi) is 4.49. The van der Waals surface area contributed by atoms with Gasteiger partial charge in [0.2, 0.25) is 0 Å². The number of carbonyl (C=O) groups is 2. The normalized spacial score (nSPS) is 23.7. The summed E-state index contributed by atoms with van der Waals surface area (Å²) in [6.45, 7) is 1.74. The number of likely N-dealkylation sites (tertiary alicyclic amines) is 1. The molecule has 1 aliphatic carbocycles. The predicted molar refractivity (Wildman–Crippen MR) is 104 cm³/mol. The lowest BCUT2D eigenvalue weighted by atomic mass is 9.95. The van der Waals surface area contributed by atoms with Crippen LogP contribution in [0.4, 0.5) is 0 Å². The molecule has 3 aliphatic rings. The van der Waals surface area contributed by atoms with Crippen LogP contribution in [-0.2, 0) is 6.54 Å². The van der Waals surface area contributed by atoms with E-state index in [-0.39, 0.29) is 35.3 Å². The number of furan rings is 1. The van der Waals surface area contributed by atoms with Gasteiger partial charge in [0, 0.05) is 43.7 Å². The first kappa shape index (κ1) is 18.1. The van der Waals surface area contributed by atoms with Crippen molar-refractivity contribution in [2.75, 3.05) is 13.1 Å². The van der Waals surface area contributed by atoms with Crippen molar-refractivity contribution in [3.05, 3.63) is 52.1 Å². The molecule has 1 saturated heterocycles. The molecule has 0 unspecified atom stereocenters. The van der Waals surface area contributed by atoms with Crippen molar-refractivity contribution >= 4 is 11.8 Å². The molecule has 152 valence electrons. The number of fused-ring (bicyclic) bond motifs is 3. The molecule has 2 atom stereocenters. The van der Waals surface area contributed by atoms with Gasteiger partial charge in [0.05, 0.1) is 6.26 Å². The molecule has 0 radical (unpaired) electrons. The van der Waals surface area contributed by atoms with E-state index in [1.54, 1.807) is 23.2 Å². The van der Waals surface area contributed by atoms with Gasteiger partial charge in [-0.25, -0.2) is 0 Å². The summed E-state index contributed by atoms with van der Waals surface area (Å²) in [7, 11) is 0. The number of carbonyl (C=O) groups excluding carboxylic acids is 2. The molecule has 0 aromatic carbocycles. The molecule has 8 nitrogen and oxygen atoms in total. The Bertz CT molecular complexity index is 991. The first-order valence-electron chi connectivity index (χ1n) is 10.3. The topological polar surface area (TPSA) is 97.4 Å². The molecule has 8 heteroatoms. The van der Waals surface area contributed by atoms with E-state index >= 15 is 0 Å². The zero-order chi connectivity index (χ0) is 20.0. The second kappa shape index (κ2) is 7.17. The SMILES string of the molecule is O=C(NC1CCCCC1)c1cn2c(nc1=O)[C@@H]1CN(C(=O)c3ccco3)C[C@@H]1C2. The van der Waals surface area contributed by atoms with Crippen LogP contribution in [0.15, 0.2) is 33.8 Å². The fraction of sp³-hybridized carbons (Fsp3) is 0.524. The van der Waals surface area contributed by atoms with Crippen molar-refractivity contribution in [3.8, 4) is 0 Å². The molecule has 0 bridgehead atoms. The molecule has 29 heavy (non-hydrogen) atoms. The summed E-state index contributed by atoms with van der Waals surface area (Å²) in [4.78, 5) is 43.7. The quantitative estimate of drug-likeness (QED) is 0.853. The third-order valence-corrected chi connectivity index (χ3v) is 6.43. The number of hydrogen-bond acceptors (Lipinski definition) is 5. The van der Waals surface area contributed by atoms with E-state index in [4.69, 9.17) is 4.42 Å². The van der Waals surface area contributed by atoms with Crippen LogP contribution in [0.25, 0.3) is 0 Å². The first-order chi connectivity index (χ1) is 14.1. The number of nitrogens with one attached hydrogen (secondary N) is 1. The summed E-state index contributed by atoms with van der Waals surface area (Å²) in [5.41, 5.74) is -0.371. The Labute approximate surface area is 167 Å². The van der Waals surface area contributed by atoms with Crippen LogP contribution >= 0.6 is 0 Å². The van der Waals surface area contributed by atoms with Gasteiger partial charge in [0.15, 0.2) is 5.76 Å². The Balaban J connectivity index is 1.32. The van der Waals surface area contributed by atoms with Gasteiger partial charge in [-0.1, -0.05) is 19.3 Å². The summed E-state index contributed by atoms with van der Waals surface area (Å²) in [5, 5.41) is 3.00. The van der Waals surface area contributed by atoms with Gasteiger partial charge in [-0.05, 0) is 25.0 Å². The molecule has 2 aromatic rings. The molecule has 2 fully saturated rings.